The number of nitrogens with two attached hydrogens (primary N) is 1. The molecule has 1 atom stereocenters. The van der Waals surface area contributed by atoms with E-state index in [0.717, 1.165) is 23.2 Å². The second-order valence-electron chi connectivity index (χ2n) is 4.84. The molecule has 5 N–H and O–H groups in total. The lowest BCUT2D eigenvalue weighted by Gasteiger charge is -2.30. The maximum absolute atomic E-state index is 11.3. The topological polar surface area (TPSA) is 150 Å². The van der Waals surface area contributed by atoms with Crippen molar-refractivity contribution < 1.29 is 25.9 Å². The smallest absolute Gasteiger partial charge is 0.394 e. The molecule has 0 bridgehead atoms. The van der Waals surface area contributed by atoms with Crippen molar-refractivity contribution in [2.24, 2.45) is 0 Å². The molecule has 0 aliphatic carbocycles. The minimum atomic E-state index is -4.67. The molecular formula is C12H23N3O6S2. The van der Waals surface area contributed by atoms with Crippen LogP contribution in [0.15, 0.2) is 18.2 Å². The molecule has 0 aliphatic rings. The minimum absolute atomic E-state index is 0.298. The molecule has 23 heavy (non-hydrogen) atoms. The number of aryl methyl sites for hydroxylation is 1. The lowest BCUT2D eigenvalue weighted by Crippen LogP contribution is -2.46. The van der Waals surface area contributed by atoms with E-state index in [1.54, 1.807) is 0 Å². The monoisotopic (exact) mass is 369 g/mol. The molecule has 0 aliphatic heterocycles. The van der Waals surface area contributed by atoms with Gasteiger partial charge in [0.25, 0.3) is 0 Å². The summed E-state index contributed by atoms with van der Waals surface area (Å²) in [6.07, 6.45) is 0.860. The summed E-state index contributed by atoms with van der Waals surface area (Å²) in [4.78, 5) is 1.97. The fraction of sp³-hybridized carbons (Fsp3) is 0.500. The molecule has 1 aromatic carbocycles. The highest BCUT2D eigenvalue weighted by Gasteiger charge is 2.16. The summed E-state index contributed by atoms with van der Waals surface area (Å²) in [5.41, 5.74) is 8.45. The average Bonchev–Trinajstić information content (AvgIpc) is 2.30. The molecular weight excluding hydrogens is 346 g/mol. The van der Waals surface area contributed by atoms with Crippen LogP contribution in [-0.4, -0.2) is 44.9 Å². The van der Waals surface area contributed by atoms with Crippen LogP contribution in [0.1, 0.15) is 19.4 Å². The van der Waals surface area contributed by atoms with Crippen LogP contribution in [0.5, 0.6) is 0 Å². The van der Waals surface area contributed by atoms with E-state index in [2.05, 4.69) is 4.72 Å². The highest BCUT2D eigenvalue weighted by atomic mass is 32.3. The molecule has 0 fully saturated rings. The summed E-state index contributed by atoms with van der Waals surface area (Å²) in [5.74, 6) is 0. The average molecular weight is 369 g/mol. The van der Waals surface area contributed by atoms with Crippen molar-refractivity contribution >= 4 is 31.8 Å². The number of anilines is 2. The van der Waals surface area contributed by atoms with Crippen LogP contribution in [0, 0.1) is 6.92 Å². The van der Waals surface area contributed by atoms with Gasteiger partial charge in [0.05, 0.1) is 12.4 Å². The van der Waals surface area contributed by atoms with Crippen LogP contribution in [0.3, 0.4) is 0 Å². The van der Waals surface area contributed by atoms with Crippen LogP contribution in [0.4, 0.5) is 11.4 Å². The summed E-state index contributed by atoms with van der Waals surface area (Å²) < 4.78 is 56.7. The number of hydrogen-bond acceptors (Lipinski definition) is 6. The predicted octanol–water partition coefficient (Wildman–Crippen LogP) is 0.646. The number of nitrogen functional groups attached to an aromatic ring is 1. The van der Waals surface area contributed by atoms with Crippen molar-refractivity contribution in [2.45, 2.75) is 26.9 Å². The maximum Gasteiger partial charge on any atom is 0.394 e. The fourth-order valence-electron chi connectivity index (χ4n) is 1.89. The second-order valence-corrected chi connectivity index (χ2v) is 7.52. The molecule has 0 aromatic heterocycles. The highest BCUT2D eigenvalue weighted by molar-refractivity contribution is 7.88. The molecule has 1 rings (SSSR count). The first-order valence-electron chi connectivity index (χ1n) is 6.54. The van der Waals surface area contributed by atoms with Crippen molar-refractivity contribution in [3.8, 4) is 0 Å². The van der Waals surface area contributed by atoms with Gasteiger partial charge in [-0.2, -0.15) is 13.1 Å². The molecule has 9 nitrogen and oxygen atoms in total. The third-order valence-electron chi connectivity index (χ3n) is 2.78. The van der Waals surface area contributed by atoms with E-state index in [1.807, 2.05) is 43.9 Å². The molecule has 0 spiro atoms. The molecule has 1 unspecified atom stereocenters. The van der Waals surface area contributed by atoms with Gasteiger partial charge in [0, 0.05) is 17.9 Å². The summed E-state index contributed by atoms with van der Waals surface area (Å²) in [6, 6.07) is 5.69. The van der Waals surface area contributed by atoms with E-state index >= 15 is 0 Å². The standard InChI is InChI=1S/C12H21N3O2S.H2O4S/c1-5-15(10(3)14-18(4,16)17)11-6-7-12(13)9(2)8-11;1-5(2,3)4/h6-8,10,14H,5,13H2,1-4H3;(H2,1,2,3,4). The molecule has 0 saturated carbocycles. The van der Waals surface area contributed by atoms with Crippen LogP contribution in [0.25, 0.3) is 0 Å². The van der Waals surface area contributed by atoms with Gasteiger partial charge in [-0.25, -0.2) is 8.42 Å². The van der Waals surface area contributed by atoms with Crippen molar-refractivity contribution in [1.29, 1.82) is 0 Å². The number of nitrogens with zero attached hydrogens (tertiary/aromatic N) is 1. The molecule has 1 aromatic rings. The first-order valence-corrected chi connectivity index (χ1v) is 9.83. The molecule has 0 saturated heterocycles. The van der Waals surface area contributed by atoms with E-state index in [-0.39, 0.29) is 6.17 Å². The van der Waals surface area contributed by atoms with E-state index in [9.17, 15) is 8.42 Å². The largest absolute Gasteiger partial charge is 0.399 e. The summed E-state index contributed by atoms with van der Waals surface area (Å²) >= 11 is 0. The Morgan fingerprint density at radius 3 is 2.09 bits per heavy atom. The highest BCUT2D eigenvalue weighted by Crippen LogP contribution is 2.21. The van der Waals surface area contributed by atoms with Crippen LogP contribution in [0.2, 0.25) is 0 Å². The van der Waals surface area contributed by atoms with Crippen LogP contribution >= 0.6 is 0 Å². The zero-order valence-corrected chi connectivity index (χ0v) is 15.0. The SMILES string of the molecule is CCN(c1ccc(N)c(C)c1)C(C)NS(C)(=O)=O.O=S(=O)(O)O. The maximum atomic E-state index is 11.3. The number of rotatable bonds is 5. The molecule has 0 radical (unpaired) electrons. The minimum Gasteiger partial charge on any atom is -0.399 e. The van der Waals surface area contributed by atoms with Gasteiger partial charge in [-0.1, -0.05) is 0 Å². The van der Waals surface area contributed by atoms with Crippen LogP contribution in [-0.2, 0) is 20.4 Å². The normalized spacial score (nSPS) is 13.0. The summed E-state index contributed by atoms with van der Waals surface area (Å²) in [6.45, 7) is 6.43. The lowest BCUT2D eigenvalue weighted by molar-refractivity contribution is 0.381. The Bertz CT molecular complexity index is 710. The Balaban J connectivity index is 0.000000841. The summed E-state index contributed by atoms with van der Waals surface area (Å²) in [7, 11) is -7.89. The first kappa shape index (κ1) is 21.6. The van der Waals surface area contributed by atoms with Gasteiger partial charge < -0.3 is 10.6 Å². The second kappa shape index (κ2) is 8.45. The Hall–Kier alpha value is -1.40. The quantitative estimate of drug-likeness (QED) is 0.335. The van der Waals surface area contributed by atoms with E-state index in [0.29, 0.717) is 6.54 Å². The van der Waals surface area contributed by atoms with Gasteiger partial charge in [-0.3, -0.25) is 9.11 Å². The summed E-state index contributed by atoms with van der Waals surface area (Å²) in [5, 5.41) is 0. The first-order chi connectivity index (χ1) is 10.2. The Morgan fingerprint density at radius 2 is 1.74 bits per heavy atom. The number of sulfonamides is 1. The zero-order valence-electron chi connectivity index (χ0n) is 13.4. The number of nitrogens with one attached hydrogen (secondary N) is 1. The lowest BCUT2D eigenvalue weighted by atomic mass is 10.1. The van der Waals surface area contributed by atoms with E-state index in [1.165, 1.54) is 0 Å². The van der Waals surface area contributed by atoms with Gasteiger partial charge >= 0.3 is 10.4 Å². The molecule has 0 heterocycles. The molecule has 0 amide bonds. The van der Waals surface area contributed by atoms with Crippen molar-refractivity contribution in [1.82, 2.24) is 4.72 Å². The predicted molar refractivity (Wildman–Crippen MR) is 90.2 cm³/mol. The van der Waals surface area contributed by atoms with Crippen molar-refractivity contribution in [2.75, 3.05) is 23.4 Å². The van der Waals surface area contributed by atoms with Gasteiger partial charge in [-0.15, -0.1) is 0 Å². The Labute approximate surface area is 137 Å². The van der Waals surface area contributed by atoms with Crippen molar-refractivity contribution in [3.05, 3.63) is 23.8 Å². The fourth-order valence-corrected chi connectivity index (χ4v) is 2.64. The number of benzene rings is 1. The molecule has 11 heteroatoms. The Kier molecular flexibility index (Phi) is 7.94. The van der Waals surface area contributed by atoms with E-state index in [4.69, 9.17) is 23.3 Å². The van der Waals surface area contributed by atoms with Gasteiger partial charge in [-0.05, 0) is 44.5 Å². The van der Waals surface area contributed by atoms with E-state index < -0.39 is 20.4 Å². The van der Waals surface area contributed by atoms with Gasteiger partial charge in [0.15, 0.2) is 0 Å². The third-order valence-corrected chi connectivity index (χ3v) is 3.55. The number of hydrogen-bond donors (Lipinski definition) is 4. The molecule has 134 valence electrons. The van der Waals surface area contributed by atoms with Gasteiger partial charge in [0.1, 0.15) is 0 Å². The zero-order chi connectivity index (χ0) is 18.4. The van der Waals surface area contributed by atoms with Gasteiger partial charge in [0.2, 0.25) is 10.0 Å². The Morgan fingerprint density at radius 1 is 1.26 bits per heavy atom. The van der Waals surface area contributed by atoms with Crippen LogP contribution < -0.4 is 15.4 Å². The van der Waals surface area contributed by atoms with Crippen molar-refractivity contribution in [3.63, 3.8) is 0 Å². The third kappa shape index (κ3) is 10.1.